The van der Waals surface area contributed by atoms with E-state index in [9.17, 15) is 8.42 Å². The van der Waals surface area contributed by atoms with Crippen LogP contribution in [0.15, 0.2) is 56.6 Å². The van der Waals surface area contributed by atoms with Gasteiger partial charge in [0.05, 0.1) is 24.9 Å². The van der Waals surface area contributed by atoms with Gasteiger partial charge in [-0.1, -0.05) is 12.1 Å². The van der Waals surface area contributed by atoms with E-state index in [-0.39, 0.29) is 23.3 Å². The van der Waals surface area contributed by atoms with E-state index in [0.717, 1.165) is 40.8 Å². The molecule has 3 heterocycles. The minimum absolute atomic E-state index is 0.00136. The van der Waals surface area contributed by atoms with Crippen molar-refractivity contribution in [1.29, 1.82) is 0 Å². The largest absolute Gasteiger partial charge is 0.497 e. The smallest absolute Gasteiger partial charge is 0.268 e. The van der Waals surface area contributed by atoms with E-state index in [1.54, 1.807) is 42.3 Å². The minimum atomic E-state index is -4.27. The van der Waals surface area contributed by atoms with Gasteiger partial charge in [0.1, 0.15) is 22.2 Å². The predicted octanol–water partition coefficient (Wildman–Crippen LogP) is 5.31. The van der Waals surface area contributed by atoms with Gasteiger partial charge in [-0.05, 0) is 55.7 Å². The lowest BCUT2D eigenvalue weighted by atomic mass is 10.1. The number of ether oxygens (including phenoxy) is 1. The third-order valence-corrected chi connectivity index (χ3v) is 9.87. The summed E-state index contributed by atoms with van der Waals surface area (Å²) in [6.45, 7) is 7.92. The van der Waals surface area contributed by atoms with E-state index in [1.807, 2.05) is 32.7 Å². The number of halogens is 1. The molecule has 9 nitrogen and oxygen atoms in total. The van der Waals surface area contributed by atoms with Gasteiger partial charge >= 0.3 is 0 Å². The van der Waals surface area contributed by atoms with Crippen LogP contribution >= 0.6 is 11.3 Å². The minimum Gasteiger partial charge on any atom is -0.497 e. The van der Waals surface area contributed by atoms with Gasteiger partial charge in [0.2, 0.25) is 0 Å². The number of aromatic nitrogens is 2. The number of hydrogen-bond donors (Lipinski definition) is 0. The molecule has 0 bridgehead atoms. The van der Waals surface area contributed by atoms with Gasteiger partial charge in [0, 0.05) is 50.7 Å². The molecular formula is C29H34FN5O4S2. The molecule has 0 radical (unpaired) electrons. The third-order valence-electron chi connectivity index (χ3n) is 7.53. The summed E-state index contributed by atoms with van der Waals surface area (Å²) in [5.41, 5.74) is 4.55. The molecule has 1 saturated heterocycles. The molecule has 1 aliphatic heterocycles. The second-order valence-electron chi connectivity index (χ2n) is 10.3. The SMILES string of the molecule is COc1ccc(CN(c2cscn2)S(=O)(=O)c2cc(C)c(N(C)[C@H]3CCN(Cc4nc(C)oc4C)C3)cc2F)cc1. The number of hydrogen-bond acceptors (Lipinski definition) is 9. The first-order chi connectivity index (χ1) is 19.6. The monoisotopic (exact) mass is 599 g/mol. The summed E-state index contributed by atoms with van der Waals surface area (Å²) in [7, 11) is -0.772. The zero-order chi connectivity index (χ0) is 29.3. The lowest BCUT2D eigenvalue weighted by molar-refractivity contribution is 0.320. The molecular weight excluding hydrogens is 565 g/mol. The summed E-state index contributed by atoms with van der Waals surface area (Å²) >= 11 is 1.28. The molecule has 0 unspecified atom stereocenters. The van der Waals surface area contributed by atoms with Crippen molar-refractivity contribution in [3.63, 3.8) is 0 Å². The summed E-state index contributed by atoms with van der Waals surface area (Å²) < 4.78 is 55.5. The summed E-state index contributed by atoms with van der Waals surface area (Å²) in [5.74, 6) is 1.59. The number of likely N-dealkylation sites (tertiary alicyclic amines) is 1. The Balaban J connectivity index is 1.37. The average Bonchev–Trinajstić information content (AvgIpc) is 3.70. The summed E-state index contributed by atoms with van der Waals surface area (Å²) in [4.78, 5) is 12.7. The van der Waals surface area contributed by atoms with Crippen molar-refractivity contribution in [2.45, 2.75) is 51.2 Å². The maximum absolute atomic E-state index is 15.7. The Labute approximate surface area is 244 Å². The number of nitrogens with zero attached hydrogens (tertiary/aromatic N) is 5. The van der Waals surface area contributed by atoms with Crippen LogP contribution in [0.4, 0.5) is 15.9 Å². The molecule has 1 fully saturated rings. The van der Waals surface area contributed by atoms with Crippen molar-refractivity contribution >= 4 is 32.9 Å². The fourth-order valence-electron chi connectivity index (χ4n) is 5.26. The Hall–Kier alpha value is -3.48. The first-order valence-electron chi connectivity index (χ1n) is 13.3. The van der Waals surface area contributed by atoms with Gasteiger partial charge in [-0.15, -0.1) is 11.3 Å². The van der Waals surface area contributed by atoms with Crippen LogP contribution in [-0.2, 0) is 23.1 Å². The topological polar surface area (TPSA) is 92.0 Å². The Morgan fingerprint density at radius 1 is 1.20 bits per heavy atom. The van der Waals surface area contributed by atoms with E-state index in [4.69, 9.17) is 9.15 Å². The highest BCUT2D eigenvalue weighted by Gasteiger charge is 2.32. The van der Waals surface area contributed by atoms with Crippen LogP contribution in [0.3, 0.4) is 0 Å². The number of rotatable bonds is 10. The molecule has 4 aromatic rings. The van der Waals surface area contributed by atoms with Crippen LogP contribution < -0.4 is 13.9 Å². The molecule has 0 saturated carbocycles. The third kappa shape index (κ3) is 6.09. The summed E-state index contributed by atoms with van der Waals surface area (Å²) in [6, 6.07) is 9.99. The Morgan fingerprint density at radius 3 is 2.59 bits per heavy atom. The second kappa shape index (κ2) is 11.8. The highest BCUT2D eigenvalue weighted by molar-refractivity contribution is 7.92. The first kappa shape index (κ1) is 29.0. The van der Waals surface area contributed by atoms with Gasteiger partial charge in [-0.3, -0.25) is 4.90 Å². The molecule has 0 spiro atoms. The number of oxazole rings is 1. The zero-order valence-electron chi connectivity index (χ0n) is 23.8. The summed E-state index contributed by atoms with van der Waals surface area (Å²) in [6.07, 6.45) is 0.896. The van der Waals surface area contributed by atoms with Crippen LogP contribution in [0.25, 0.3) is 0 Å². The van der Waals surface area contributed by atoms with Crippen molar-refractivity contribution in [2.75, 3.05) is 36.5 Å². The number of thiazole rings is 1. The number of sulfonamides is 1. The number of methoxy groups -OCH3 is 1. The highest BCUT2D eigenvalue weighted by atomic mass is 32.2. The first-order valence-corrected chi connectivity index (χ1v) is 15.7. The molecule has 0 amide bonds. The molecule has 1 aliphatic rings. The van der Waals surface area contributed by atoms with Crippen LogP contribution in [0.5, 0.6) is 5.75 Å². The van der Waals surface area contributed by atoms with E-state index >= 15 is 4.39 Å². The van der Waals surface area contributed by atoms with Crippen molar-refractivity contribution in [2.24, 2.45) is 0 Å². The van der Waals surface area contributed by atoms with Gasteiger partial charge < -0.3 is 14.1 Å². The van der Waals surface area contributed by atoms with Crippen LogP contribution in [0.2, 0.25) is 0 Å². The number of likely N-dealkylation sites (N-methyl/N-ethyl adjacent to an activating group) is 1. The quantitative estimate of drug-likeness (QED) is 0.242. The second-order valence-corrected chi connectivity index (χ2v) is 12.8. The lowest BCUT2D eigenvalue weighted by Gasteiger charge is -2.29. The van der Waals surface area contributed by atoms with Crippen LogP contribution in [0.1, 0.15) is 34.9 Å². The van der Waals surface area contributed by atoms with Crippen molar-refractivity contribution in [3.05, 3.63) is 81.6 Å². The van der Waals surface area contributed by atoms with Gasteiger partial charge in [-0.25, -0.2) is 27.1 Å². The van der Waals surface area contributed by atoms with Crippen molar-refractivity contribution in [1.82, 2.24) is 14.9 Å². The Kier molecular flexibility index (Phi) is 8.35. The van der Waals surface area contributed by atoms with Crippen LogP contribution in [0, 0.1) is 26.6 Å². The number of anilines is 2. The van der Waals surface area contributed by atoms with Gasteiger partial charge in [0.15, 0.2) is 11.7 Å². The maximum Gasteiger partial charge on any atom is 0.268 e. The van der Waals surface area contributed by atoms with E-state index in [2.05, 4.69) is 14.9 Å². The molecule has 12 heteroatoms. The Bertz CT molecular complexity index is 1610. The Morgan fingerprint density at radius 2 is 1.95 bits per heavy atom. The molecule has 0 N–H and O–H groups in total. The zero-order valence-corrected chi connectivity index (χ0v) is 25.4. The lowest BCUT2D eigenvalue weighted by Crippen LogP contribution is -2.35. The molecule has 2 aromatic heterocycles. The van der Waals surface area contributed by atoms with E-state index in [0.29, 0.717) is 29.4 Å². The van der Waals surface area contributed by atoms with Crippen molar-refractivity contribution < 1.29 is 22.0 Å². The molecule has 218 valence electrons. The molecule has 5 rings (SSSR count). The fourth-order valence-corrected chi connectivity index (χ4v) is 7.40. The number of benzene rings is 2. The summed E-state index contributed by atoms with van der Waals surface area (Å²) in [5, 5.41) is 1.64. The van der Waals surface area contributed by atoms with Gasteiger partial charge in [-0.2, -0.15) is 0 Å². The van der Waals surface area contributed by atoms with E-state index in [1.165, 1.54) is 23.5 Å². The predicted molar refractivity (Wildman–Crippen MR) is 158 cm³/mol. The van der Waals surface area contributed by atoms with Crippen molar-refractivity contribution in [3.8, 4) is 5.75 Å². The molecule has 1 atom stereocenters. The normalized spacial score (nSPS) is 15.8. The maximum atomic E-state index is 15.7. The average molecular weight is 600 g/mol. The fraction of sp³-hybridized carbons (Fsp3) is 0.379. The molecule has 41 heavy (non-hydrogen) atoms. The number of aryl methyl sites for hydroxylation is 3. The highest BCUT2D eigenvalue weighted by Crippen LogP contribution is 2.33. The van der Waals surface area contributed by atoms with Gasteiger partial charge in [0.25, 0.3) is 10.0 Å². The molecule has 0 aliphatic carbocycles. The molecule has 2 aromatic carbocycles. The standard InChI is InChI=1S/C29H34FN5O4S2/c1-19-12-28(41(36,37)35(29-17-40-18-31-29)14-22-6-8-24(38-5)9-7-22)25(30)13-27(19)33(4)23-10-11-34(15-23)16-26-20(2)39-21(3)32-26/h6-9,12-13,17-18,23H,10-11,14-16H2,1-5H3/t23-/m0/s1. The van der Waals surface area contributed by atoms with E-state index < -0.39 is 15.8 Å². The van der Waals surface area contributed by atoms with Crippen LogP contribution in [-0.4, -0.2) is 56.6 Å².